The molecule has 0 radical (unpaired) electrons. The Kier molecular flexibility index (Phi) is 3.31. The van der Waals surface area contributed by atoms with E-state index < -0.39 is 0 Å². The summed E-state index contributed by atoms with van der Waals surface area (Å²) in [5, 5.41) is 7.81. The standard InChI is InChI=1S/C11H14ClN3O/c1-13-10(9-3-4-16-11(9)12)5-8-6-14-15(2)7-8/h3-4,6-7,10,13H,5H2,1-2H3. The molecule has 0 aliphatic carbocycles. The van der Waals surface area contributed by atoms with Crippen molar-refractivity contribution in [3.05, 3.63) is 41.1 Å². The first-order valence-electron chi connectivity index (χ1n) is 5.08. The number of likely N-dealkylation sites (N-methyl/N-ethyl adjacent to an activating group) is 1. The summed E-state index contributed by atoms with van der Waals surface area (Å²) in [5.74, 6) is 0. The second-order valence-electron chi connectivity index (χ2n) is 3.72. The summed E-state index contributed by atoms with van der Waals surface area (Å²) in [4.78, 5) is 0. The maximum Gasteiger partial charge on any atom is 0.197 e. The quantitative estimate of drug-likeness (QED) is 0.889. The molecule has 5 heteroatoms. The summed E-state index contributed by atoms with van der Waals surface area (Å²) in [6.07, 6.45) is 6.30. The predicted molar refractivity (Wildman–Crippen MR) is 62.4 cm³/mol. The molecule has 0 saturated carbocycles. The van der Waals surface area contributed by atoms with Crippen molar-refractivity contribution >= 4 is 11.6 Å². The lowest BCUT2D eigenvalue weighted by Gasteiger charge is -2.13. The zero-order valence-corrected chi connectivity index (χ0v) is 10.0. The van der Waals surface area contributed by atoms with Gasteiger partial charge in [-0.15, -0.1) is 0 Å². The number of aromatic nitrogens is 2. The molecule has 1 unspecified atom stereocenters. The minimum atomic E-state index is 0.149. The van der Waals surface area contributed by atoms with Crippen molar-refractivity contribution < 1.29 is 4.42 Å². The lowest BCUT2D eigenvalue weighted by atomic mass is 10.0. The second kappa shape index (κ2) is 4.72. The molecular weight excluding hydrogens is 226 g/mol. The van der Waals surface area contributed by atoms with Crippen LogP contribution in [0.25, 0.3) is 0 Å². The number of nitrogens with one attached hydrogen (secondary N) is 1. The van der Waals surface area contributed by atoms with E-state index in [2.05, 4.69) is 10.4 Å². The highest BCUT2D eigenvalue weighted by Crippen LogP contribution is 2.26. The summed E-state index contributed by atoms with van der Waals surface area (Å²) < 4.78 is 6.89. The lowest BCUT2D eigenvalue weighted by molar-refractivity contribution is 0.544. The van der Waals surface area contributed by atoms with E-state index in [1.165, 1.54) is 5.56 Å². The molecule has 0 bridgehead atoms. The zero-order chi connectivity index (χ0) is 11.5. The Morgan fingerprint density at radius 3 is 2.94 bits per heavy atom. The van der Waals surface area contributed by atoms with Gasteiger partial charge in [-0.25, -0.2) is 0 Å². The third kappa shape index (κ3) is 2.28. The van der Waals surface area contributed by atoms with Gasteiger partial charge in [-0.1, -0.05) is 0 Å². The van der Waals surface area contributed by atoms with Gasteiger partial charge in [0.25, 0.3) is 0 Å². The molecule has 0 aliphatic heterocycles. The van der Waals surface area contributed by atoms with Gasteiger partial charge in [-0.2, -0.15) is 5.10 Å². The molecule has 1 N–H and O–H groups in total. The zero-order valence-electron chi connectivity index (χ0n) is 9.27. The van der Waals surface area contributed by atoms with Crippen LogP contribution in [0.2, 0.25) is 5.22 Å². The van der Waals surface area contributed by atoms with Crippen LogP contribution in [0.3, 0.4) is 0 Å². The molecule has 2 heterocycles. The molecule has 0 spiro atoms. The van der Waals surface area contributed by atoms with E-state index in [4.69, 9.17) is 16.0 Å². The average Bonchev–Trinajstić information content (AvgIpc) is 2.84. The predicted octanol–water partition coefficient (Wildman–Crippen LogP) is 2.17. The maximum absolute atomic E-state index is 5.96. The van der Waals surface area contributed by atoms with Crippen molar-refractivity contribution in [2.75, 3.05) is 7.05 Å². The van der Waals surface area contributed by atoms with Crippen LogP contribution in [-0.2, 0) is 13.5 Å². The number of hydrogen-bond donors (Lipinski definition) is 1. The molecule has 86 valence electrons. The highest BCUT2D eigenvalue weighted by molar-refractivity contribution is 6.29. The molecule has 0 fully saturated rings. The summed E-state index contributed by atoms with van der Waals surface area (Å²) in [6.45, 7) is 0. The Morgan fingerprint density at radius 2 is 2.44 bits per heavy atom. The summed E-state index contributed by atoms with van der Waals surface area (Å²) in [5.41, 5.74) is 2.15. The average molecular weight is 240 g/mol. The second-order valence-corrected chi connectivity index (χ2v) is 4.06. The fourth-order valence-corrected chi connectivity index (χ4v) is 1.98. The number of nitrogens with zero attached hydrogens (tertiary/aromatic N) is 2. The molecule has 0 aromatic carbocycles. The van der Waals surface area contributed by atoms with Crippen LogP contribution in [0.5, 0.6) is 0 Å². The summed E-state index contributed by atoms with van der Waals surface area (Å²) in [6, 6.07) is 2.04. The molecule has 2 aromatic rings. The van der Waals surface area contributed by atoms with Gasteiger partial charge in [0.15, 0.2) is 5.22 Å². The third-order valence-electron chi connectivity index (χ3n) is 2.57. The SMILES string of the molecule is CNC(Cc1cnn(C)c1)c1ccoc1Cl. The number of aryl methyl sites for hydroxylation is 1. The van der Waals surface area contributed by atoms with Crippen molar-refractivity contribution in [2.24, 2.45) is 7.05 Å². The van der Waals surface area contributed by atoms with Crippen molar-refractivity contribution in [1.29, 1.82) is 0 Å². The molecule has 4 nitrogen and oxygen atoms in total. The van der Waals surface area contributed by atoms with Crippen LogP contribution < -0.4 is 5.32 Å². The molecule has 2 aromatic heterocycles. The molecule has 16 heavy (non-hydrogen) atoms. The van der Waals surface area contributed by atoms with Crippen molar-refractivity contribution in [1.82, 2.24) is 15.1 Å². The van der Waals surface area contributed by atoms with E-state index in [1.54, 1.807) is 10.9 Å². The van der Waals surface area contributed by atoms with Crippen molar-refractivity contribution in [3.8, 4) is 0 Å². The molecule has 0 saturated heterocycles. The van der Waals surface area contributed by atoms with Crippen LogP contribution in [0, 0.1) is 0 Å². The maximum atomic E-state index is 5.96. The molecule has 1 atom stereocenters. The Bertz CT molecular complexity index is 463. The van der Waals surface area contributed by atoms with Gasteiger partial charge < -0.3 is 9.73 Å². The topological polar surface area (TPSA) is 43.0 Å². The van der Waals surface area contributed by atoms with Crippen molar-refractivity contribution in [2.45, 2.75) is 12.5 Å². The van der Waals surface area contributed by atoms with Crippen LogP contribution in [0.1, 0.15) is 17.2 Å². The summed E-state index contributed by atoms with van der Waals surface area (Å²) in [7, 11) is 3.81. The third-order valence-corrected chi connectivity index (χ3v) is 2.88. The van der Waals surface area contributed by atoms with E-state index in [0.717, 1.165) is 12.0 Å². The van der Waals surface area contributed by atoms with Crippen LogP contribution in [0.4, 0.5) is 0 Å². The van der Waals surface area contributed by atoms with Gasteiger partial charge in [-0.3, -0.25) is 4.68 Å². The number of halogens is 1. The largest absolute Gasteiger partial charge is 0.453 e. The van der Waals surface area contributed by atoms with Crippen LogP contribution in [-0.4, -0.2) is 16.8 Å². The highest BCUT2D eigenvalue weighted by atomic mass is 35.5. The van der Waals surface area contributed by atoms with Gasteiger partial charge in [-0.05, 0) is 36.7 Å². The van der Waals surface area contributed by atoms with E-state index in [1.807, 2.05) is 32.6 Å². The monoisotopic (exact) mass is 239 g/mol. The van der Waals surface area contributed by atoms with Crippen LogP contribution >= 0.6 is 11.6 Å². The Morgan fingerprint density at radius 1 is 1.62 bits per heavy atom. The van der Waals surface area contributed by atoms with Crippen molar-refractivity contribution in [3.63, 3.8) is 0 Å². The van der Waals surface area contributed by atoms with E-state index in [-0.39, 0.29) is 6.04 Å². The first-order valence-corrected chi connectivity index (χ1v) is 5.46. The highest BCUT2D eigenvalue weighted by Gasteiger charge is 2.16. The molecule has 0 aliphatic rings. The first-order chi connectivity index (χ1) is 7.70. The minimum absolute atomic E-state index is 0.149. The van der Waals surface area contributed by atoms with E-state index >= 15 is 0 Å². The fourth-order valence-electron chi connectivity index (χ4n) is 1.73. The Hall–Kier alpha value is -1.26. The van der Waals surface area contributed by atoms with Crippen LogP contribution in [0.15, 0.2) is 29.1 Å². The summed E-state index contributed by atoms with van der Waals surface area (Å²) >= 11 is 5.96. The number of rotatable bonds is 4. The number of hydrogen-bond acceptors (Lipinski definition) is 3. The molecule has 2 rings (SSSR count). The normalized spacial score (nSPS) is 12.9. The van der Waals surface area contributed by atoms with Gasteiger partial charge in [0.05, 0.1) is 12.5 Å². The number of furan rings is 1. The Balaban J connectivity index is 2.15. The van der Waals surface area contributed by atoms with Gasteiger partial charge in [0.2, 0.25) is 0 Å². The van der Waals surface area contributed by atoms with Gasteiger partial charge >= 0.3 is 0 Å². The van der Waals surface area contributed by atoms with E-state index in [0.29, 0.717) is 5.22 Å². The first kappa shape index (κ1) is 11.2. The molecular formula is C11H14ClN3O. The Labute approximate surface area is 99.2 Å². The molecule has 0 amide bonds. The lowest BCUT2D eigenvalue weighted by Crippen LogP contribution is -2.18. The fraction of sp³-hybridized carbons (Fsp3) is 0.364. The van der Waals surface area contributed by atoms with Gasteiger partial charge in [0, 0.05) is 24.8 Å². The minimum Gasteiger partial charge on any atom is -0.453 e. The van der Waals surface area contributed by atoms with E-state index in [9.17, 15) is 0 Å². The smallest absolute Gasteiger partial charge is 0.197 e. The van der Waals surface area contributed by atoms with Gasteiger partial charge in [0.1, 0.15) is 0 Å².